The number of piperidine rings is 1. The number of ether oxygens (including phenoxy) is 1. The standard InChI is InChI=1S/C45H51N9O6/c1-47-43(57)38(8-5-21-55)53-44(58)35-14-11-31(22-36(35)45(53)59)52-24-28(25-52)23-50-26-32(27-50)51-19-16-29(17-20-51)37-15-18-48-42-39(41(46)56)40(49-54(37)42)30-9-12-34(13-10-30)60-33-6-3-2-4-7-33/h2-4,6-7,9-14,21-22,28-29,32,37-38,48H,5,8,15-20,23-27H2,1H3,(H2,46,56)(H,47,57)/t37-,38?/m0/s1. The van der Waals surface area contributed by atoms with Crippen LogP contribution in [0.1, 0.15) is 69.2 Å². The molecule has 3 fully saturated rings. The van der Waals surface area contributed by atoms with Crippen LogP contribution in [-0.2, 0) is 9.59 Å². The number of carbonyl (C=O) groups is 5. The van der Waals surface area contributed by atoms with Gasteiger partial charge in [-0.3, -0.25) is 33.9 Å². The van der Waals surface area contributed by atoms with E-state index in [1.807, 2.05) is 65.3 Å². The van der Waals surface area contributed by atoms with Crippen molar-refractivity contribution in [1.82, 2.24) is 29.8 Å². The van der Waals surface area contributed by atoms with Crippen LogP contribution in [-0.4, -0.2) is 126 Å². The summed E-state index contributed by atoms with van der Waals surface area (Å²) in [5.41, 5.74) is 9.32. The van der Waals surface area contributed by atoms with Crippen LogP contribution in [0.25, 0.3) is 11.3 Å². The highest BCUT2D eigenvalue weighted by molar-refractivity contribution is 6.23. The fraction of sp³-hybridized carbons (Fsp3) is 0.422. The van der Waals surface area contributed by atoms with Crippen LogP contribution in [0.3, 0.4) is 0 Å². The van der Waals surface area contributed by atoms with E-state index in [0.717, 1.165) is 99.3 Å². The van der Waals surface area contributed by atoms with Crippen molar-refractivity contribution in [3.8, 4) is 22.8 Å². The number of nitrogens with one attached hydrogen (secondary N) is 2. The molecule has 9 rings (SSSR count). The minimum absolute atomic E-state index is 0.0706. The van der Waals surface area contributed by atoms with Crippen molar-refractivity contribution in [2.24, 2.45) is 17.6 Å². The Balaban J connectivity index is 0.758. The Labute approximate surface area is 348 Å². The van der Waals surface area contributed by atoms with Crippen molar-refractivity contribution in [2.45, 2.75) is 50.2 Å². The molecule has 15 heteroatoms. The van der Waals surface area contributed by atoms with Gasteiger partial charge in [-0.2, -0.15) is 5.10 Å². The van der Waals surface area contributed by atoms with E-state index in [2.05, 4.69) is 25.3 Å². The summed E-state index contributed by atoms with van der Waals surface area (Å²) in [7, 11) is 1.45. The van der Waals surface area contributed by atoms with Gasteiger partial charge in [0.15, 0.2) is 0 Å². The lowest BCUT2D eigenvalue weighted by atomic mass is 9.85. The van der Waals surface area contributed by atoms with Crippen molar-refractivity contribution >= 4 is 41.4 Å². The van der Waals surface area contributed by atoms with Crippen molar-refractivity contribution in [2.75, 3.05) is 69.6 Å². The lowest BCUT2D eigenvalue weighted by Crippen LogP contribution is -2.63. The Bertz CT molecular complexity index is 2280. The number of rotatable bonds is 14. The summed E-state index contributed by atoms with van der Waals surface area (Å²) in [5.74, 6) is 1.18. The molecule has 0 aliphatic carbocycles. The first-order valence-electron chi connectivity index (χ1n) is 21.1. The van der Waals surface area contributed by atoms with Gasteiger partial charge in [0.1, 0.15) is 40.9 Å². The molecule has 6 heterocycles. The minimum Gasteiger partial charge on any atom is -0.457 e. The van der Waals surface area contributed by atoms with Crippen molar-refractivity contribution < 1.29 is 28.7 Å². The summed E-state index contributed by atoms with van der Waals surface area (Å²) in [6, 6.07) is 22.3. The molecule has 0 bridgehead atoms. The third kappa shape index (κ3) is 7.40. The van der Waals surface area contributed by atoms with Crippen LogP contribution >= 0.6 is 0 Å². The molecule has 1 aromatic heterocycles. The zero-order valence-electron chi connectivity index (χ0n) is 33.8. The lowest BCUT2D eigenvalue weighted by molar-refractivity contribution is -0.124. The predicted octanol–water partition coefficient (Wildman–Crippen LogP) is 4.02. The second-order valence-electron chi connectivity index (χ2n) is 16.7. The molecule has 15 nitrogen and oxygen atoms in total. The van der Waals surface area contributed by atoms with E-state index < -0.39 is 29.7 Å². The third-order valence-electron chi connectivity index (χ3n) is 13.0. The van der Waals surface area contributed by atoms with Crippen LogP contribution in [0, 0.1) is 11.8 Å². The van der Waals surface area contributed by atoms with Crippen LogP contribution in [0.4, 0.5) is 11.5 Å². The number of likely N-dealkylation sites (tertiary alicyclic amines) is 2. The molecule has 2 atom stereocenters. The molecule has 4 amide bonds. The largest absolute Gasteiger partial charge is 0.457 e. The monoisotopic (exact) mass is 813 g/mol. The maximum Gasteiger partial charge on any atom is 0.262 e. The average Bonchev–Trinajstić information content (AvgIpc) is 3.75. The fourth-order valence-corrected chi connectivity index (χ4v) is 9.83. The van der Waals surface area contributed by atoms with Gasteiger partial charge in [-0.25, -0.2) is 4.68 Å². The number of primary amides is 1. The predicted molar refractivity (Wildman–Crippen MR) is 225 cm³/mol. The first-order valence-corrected chi connectivity index (χ1v) is 21.1. The van der Waals surface area contributed by atoms with Gasteiger partial charge in [0, 0.05) is 75.9 Å². The molecule has 4 aromatic rings. The Morgan fingerprint density at radius 2 is 1.65 bits per heavy atom. The van der Waals surface area contributed by atoms with E-state index in [0.29, 0.717) is 46.7 Å². The number of carbonyl (C=O) groups excluding carboxylic acids is 5. The number of fused-ring (bicyclic) bond motifs is 2. The number of aldehydes is 1. The van der Waals surface area contributed by atoms with Crippen LogP contribution < -0.4 is 26.0 Å². The van der Waals surface area contributed by atoms with Gasteiger partial charge in [0.2, 0.25) is 5.91 Å². The molecule has 312 valence electrons. The van der Waals surface area contributed by atoms with Crippen LogP contribution in [0.15, 0.2) is 72.8 Å². The number of nitrogens with two attached hydrogens (primary N) is 1. The molecule has 1 unspecified atom stereocenters. The molecule has 0 radical (unpaired) electrons. The van der Waals surface area contributed by atoms with Gasteiger partial charge in [-0.05, 0) is 99.3 Å². The molecular formula is C45H51N9O6. The van der Waals surface area contributed by atoms with Gasteiger partial charge < -0.3 is 30.8 Å². The summed E-state index contributed by atoms with van der Waals surface area (Å²) >= 11 is 0. The van der Waals surface area contributed by atoms with Crippen molar-refractivity contribution in [3.05, 3.63) is 89.5 Å². The summed E-state index contributed by atoms with van der Waals surface area (Å²) in [4.78, 5) is 71.4. The number of nitrogens with zero attached hydrogens (tertiary/aromatic N) is 6. The van der Waals surface area contributed by atoms with Gasteiger partial charge in [-0.1, -0.05) is 18.2 Å². The first kappa shape index (κ1) is 39.4. The Kier molecular flexibility index (Phi) is 10.9. The number of hydrogen-bond donors (Lipinski definition) is 3. The zero-order chi connectivity index (χ0) is 41.5. The van der Waals surface area contributed by atoms with Crippen LogP contribution in [0.2, 0.25) is 0 Å². The maximum absolute atomic E-state index is 13.4. The van der Waals surface area contributed by atoms with E-state index in [1.165, 1.54) is 7.05 Å². The fourth-order valence-electron chi connectivity index (χ4n) is 9.83. The quantitative estimate of drug-likeness (QED) is 0.124. The smallest absolute Gasteiger partial charge is 0.262 e. The average molecular weight is 814 g/mol. The Hall–Kier alpha value is -6.06. The van der Waals surface area contributed by atoms with E-state index in [-0.39, 0.29) is 24.4 Å². The summed E-state index contributed by atoms with van der Waals surface area (Å²) in [5, 5.41) is 11.0. The summed E-state index contributed by atoms with van der Waals surface area (Å²) in [6.07, 6.45) is 3.93. The van der Waals surface area contributed by atoms with E-state index in [4.69, 9.17) is 15.6 Å². The first-order chi connectivity index (χ1) is 29.2. The SMILES string of the molecule is CNC(=O)C(CCC=O)N1C(=O)c2ccc(N3CC(CN4CC(N5CCC([C@@H]6CCNc7c(C(N)=O)c(-c8ccc(Oc9ccccc9)cc8)nn76)CC5)C4)C3)cc2C1=O. The molecule has 3 aromatic carbocycles. The van der Waals surface area contributed by atoms with Crippen LogP contribution in [0.5, 0.6) is 11.5 Å². The third-order valence-corrected chi connectivity index (χ3v) is 13.0. The molecule has 60 heavy (non-hydrogen) atoms. The molecule has 0 spiro atoms. The van der Waals surface area contributed by atoms with Gasteiger partial charge in [-0.15, -0.1) is 0 Å². The number of likely N-dealkylation sites (N-methyl/N-ethyl adjacent to an activating group) is 1. The number of aromatic nitrogens is 2. The highest BCUT2D eigenvalue weighted by atomic mass is 16.5. The number of amides is 4. The second kappa shape index (κ2) is 16.5. The molecule has 5 aliphatic rings. The lowest BCUT2D eigenvalue weighted by Gasteiger charge is -2.51. The highest BCUT2D eigenvalue weighted by Gasteiger charge is 2.44. The molecule has 3 saturated heterocycles. The Morgan fingerprint density at radius 1 is 0.933 bits per heavy atom. The van der Waals surface area contributed by atoms with E-state index in [9.17, 15) is 24.0 Å². The van der Waals surface area contributed by atoms with Gasteiger partial charge >= 0.3 is 0 Å². The summed E-state index contributed by atoms with van der Waals surface area (Å²) in [6.45, 7) is 7.72. The topological polar surface area (TPSA) is 175 Å². The molecular weight excluding hydrogens is 763 g/mol. The maximum atomic E-state index is 13.4. The zero-order valence-corrected chi connectivity index (χ0v) is 33.8. The number of benzene rings is 3. The van der Waals surface area contributed by atoms with Crippen molar-refractivity contribution in [3.63, 3.8) is 0 Å². The number of hydrogen-bond acceptors (Lipinski definition) is 11. The number of para-hydroxylation sites is 1. The van der Waals surface area contributed by atoms with E-state index >= 15 is 0 Å². The molecule has 4 N–H and O–H groups in total. The van der Waals surface area contributed by atoms with Gasteiger partial charge in [0.25, 0.3) is 17.7 Å². The second-order valence-corrected chi connectivity index (χ2v) is 16.7. The highest BCUT2D eigenvalue weighted by Crippen LogP contribution is 2.41. The van der Waals surface area contributed by atoms with E-state index in [1.54, 1.807) is 12.1 Å². The normalized spacial score (nSPS) is 20.4. The molecule has 5 aliphatic heterocycles. The number of anilines is 2. The van der Waals surface area contributed by atoms with Crippen molar-refractivity contribution in [1.29, 1.82) is 0 Å². The minimum atomic E-state index is -1.03. The molecule has 0 saturated carbocycles. The van der Waals surface area contributed by atoms with Gasteiger partial charge in [0.05, 0.1) is 17.2 Å². The summed E-state index contributed by atoms with van der Waals surface area (Å²) < 4.78 is 8.02. The number of imide groups is 1. The Morgan fingerprint density at radius 3 is 2.35 bits per heavy atom.